The topological polar surface area (TPSA) is 94.2 Å². The summed E-state index contributed by atoms with van der Waals surface area (Å²) in [4.78, 5) is 12.0. The zero-order valence-electron chi connectivity index (χ0n) is 17.5. The number of anilines is 1. The fraction of sp³-hybridized carbons (Fsp3) is 0.381. The second-order valence-electron chi connectivity index (χ2n) is 6.52. The molecule has 0 aliphatic heterocycles. The highest BCUT2D eigenvalue weighted by Gasteiger charge is 2.18. The number of hydrogen-bond acceptors (Lipinski definition) is 6. The minimum atomic E-state index is -3.48. The summed E-state index contributed by atoms with van der Waals surface area (Å²) in [7, 11) is -0.380. The van der Waals surface area contributed by atoms with Crippen LogP contribution in [0.15, 0.2) is 48.5 Å². The van der Waals surface area contributed by atoms with E-state index in [9.17, 15) is 13.2 Å². The number of nitrogens with zero attached hydrogens (tertiary/aromatic N) is 1. The van der Waals surface area contributed by atoms with Crippen LogP contribution in [0.4, 0.5) is 5.69 Å². The van der Waals surface area contributed by atoms with Crippen LogP contribution in [-0.4, -0.2) is 54.5 Å². The third-order valence-corrected chi connectivity index (χ3v) is 5.43. The Morgan fingerprint density at radius 3 is 2.30 bits per heavy atom. The maximum absolute atomic E-state index is 12.2. The number of carbonyl (C=O) groups is 1. The van der Waals surface area contributed by atoms with Gasteiger partial charge in [0.1, 0.15) is 23.9 Å². The largest absolute Gasteiger partial charge is 0.497 e. The van der Waals surface area contributed by atoms with E-state index in [0.29, 0.717) is 42.5 Å². The van der Waals surface area contributed by atoms with Gasteiger partial charge in [-0.3, -0.25) is 9.10 Å². The molecular weight excluding hydrogens is 408 g/mol. The van der Waals surface area contributed by atoms with Gasteiger partial charge in [-0.05, 0) is 30.7 Å². The summed E-state index contributed by atoms with van der Waals surface area (Å²) in [5.74, 6) is 1.76. The number of sulfonamides is 1. The predicted octanol–water partition coefficient (Wildman–Crippen LogP) is 2.45. The molecule has 2 aromatic carbocycles. The fourth-order valence-corrected chi connectivity index (χ4v) is 3.73. The van der Waals surface area contributed by atoms with Gasteiger partial charge in [0.25, 0.3) is 0 Å². The number of ether oxygens (including phenoxy) is 3. The van der Waals surface area contributed by atoms with E-state index in [-0.39, 0.29) is 18.9 Å². The van der Waals surface area contributed by atoms with Crippen molar-refractivity contribution in [3.8, 4) is 17.2 Å². The summed E-state index contributed by atoms with van der Waals surface area (Å²) >= 11 is 0. The fourth-order valence-electron chi connectivity index (χ4n) is 2.77. The van der Waals surface area contributed by atoms with Crippen LogP contribution in [-0.2, 0) is 14.8 Å². The van der Waals surface area contributed by atoms with Gasteiger partial charge in [0.05, 0.1) is 32.7 Å². The van der Waals surface area contributed by atoms with Crippen molar-refractivity contribution < 1.29 is 27.4 Å². The first kappa shape index (κ1) is 23.3. The molecule has 0 bridgehead atoms. The maximum Gasteiger partial charge on any atom is 0.232 e. The smallest absolute Gasteiger partial charge is 0.232 e. The lowest BCUT2D eigenvalue weighted by Gasteiger charge is -2.22. The number of hydrogen-bond donors (Lipinski definition) is 1. The highest BCUT2D eigenvalue weighted by Crippen LogP contribution is 2.23. The minimum absolute atomic E-state index is 0.164. The molecule has 0 saturated heterocycles. The van der Waals surface area contributed by atoms with Crippen molar-refractivity contribution >= 4 is 21.6 Å². The van der Waals surface area contributed by atoms with Crippen LogP contribution in [0.25, 0.3) is 0 Å². The Bertz CT molecular complexity index is 933. The molecule has 164 valence electrons. The first-order chi connectivity index (χ1) is 14.3. The number of rotatable bonds is 12. The normalized spacial score (nSPS) is 10.9. The number of amides is 1. The van der Waals surface area contributed by atoms with Crippen molar-refractivity contribution in [3.63, 3.8) is 0 Å². The molecule has 0 fully saturated rings. The van der Waals surface area contributed by atoms with E-state index < -0.39 is 10.0 Å². The van der Waals surface area contributed by atoms with E-state index in [2.05, 4.69) is 5.32 Å². The summed E-state index contributed by atoms with van der Waals surface area (Å²) in [5, 5.41) is 2.77. The average Bonchev–Trinajstić information content (AvgIpc) is 2.73. The Morgan fingerprint density at radius 1 is 1.00 bits per heavy atom. The molecule has 0 spiro atoms. The quantitative estimate of drug-likeness (QED) is 0.514. The van der Waals surface area contributed by atoms with Gasteiger partial charge < -0.3 is 19.5 Å². The van der Waals surface area contributed by atoms with Gasteiger partial charge in [-0.15, -0.1) is 0 Å². The molecule has 30 heavy (non-hydrogen) atoms. The molecular formula is C21H28N2O6S. The lowest BCUT2D eigenvalue weighted by molar-refractivity contribution is -0.121. The molecule has 0 aliphatic rings. The first-order valence-electron chi connectivity index (χ1n) is 9.49. The molecule has 0 radical (unpaired) electrons. The third-order valence-electron chi connectivity index (χ3n) is 4.24. The van der Waals surface area contributed by atoms with Crippen molar-refractivity contribution in [1.82, 2.24) is 5.32 Å². The summed E-state index contributed by atoms with van der Waals surface area (Å²) in [6.07, 6.45) is 1.73. The molecule has 2 aromatic rings. The Hall–Kier alpha value is -2.94. The van der Waals surface area contributed by atoms with E-state index in [4.69, 9.17) is 14.2 Å². The van der Waals surface area contributed by atoms with E-state index in [1.807, 2.05) is 18.2 Å². The lowest BCUT2D eigenvalue weighted by atomic mass is 10.2. The highest BCUT2D eigenvalue weighted by molar-refractivity contribution is 7.92. The number of nitrogens with one attached hydrogen (secondary N) is 1. The molecule has 0 unspecified atom stereocenters. The van der Waals surface area contributed by atoms with Gasteiger partial charge in [0.2, 0.25) is 15.9 Å². The molecule has 0 saturated carbocycles. The standard InChI is InChI=1S/C21H28N2O6S/c1-27-18-8-4-7-17(15-18)23(30(3,25)26)13-6-11-21(24)22-12-14-29-20-10-5-9-19(16-20)28-2/h4-5,7-10,15-16H,6,11-14H2,1-3H3,(H,22,24). The van der Waals surface area contributed by atoms with Crippen molar-refractivity contribution in [2.75, 3.05) is 44.5 Å². The Labute approximate surface area is 177 Å². The van der Waals surface area contributed by atoms with Gasteiger partial charge in [0.15, 0.2) is 0 Å². The Kier molecular flexibility index (Phi) is 8.79. The van der Waals surface area contributed by atoms with Crippen LogP contribution in [0.3, 0.4) is 0 Å². The van der Waals surface area contributed by atoms with Gasteiger partial charge in [-0.25, -0.2) is 8.42 Å². The third kappa shape index (κ3) is 7.47. The zero-order valence-corrected chi connectivity index (χ0v) is 18.3. The molecule has 0 aliphatic carbocycles. The molecule has 0 aromatic heterocycles. The van der Waals surface area contributed by atoms with Crippen molar-refractivity contribution in [1.29, 1.82) is 0 Å². The molecule has 2 rings (SSSR count). The van der Waals surface area contributed by atoms with Crippen molar-refractivity contribution in [3.05, 3.63) is 48.5 Å². The summed E-state index contributed by atoms with van der Waals surface area (Å²) in [5.41, 5.74) is 0.504. The summed E-state index contributed by atoms with van der Waals surface area (Å²) in [6, 6.07) is 14.0. The van der Waals surface area contributed by atoms with Gasteiger partial charge in [0, 0.05) is 25.1 Å². The van der Waals surface area contributed by atoms with Crippen molar-refractivity contribution in [2.24, 2.45) is 0 Å². The average molecular weight is 437 g/mol. The van der Waals surface area contributed by atoms with Crippen molar-refractivity contribution in [2.45, 2.75) is 12.8 Å². The van der Waals surface area contributed by atoms with Crippen LogP contribution >= 0.6 is 0 Å². The van der Waals surface area contributed by atoms with Crippen LogP contribution in [0.2, 0.25) is 0 Å². The second kappa shape index (κ2) is 11.3. The molecule has 8 nitrogen and oxygen atoms in total. The Balaban J connectivity index is 1.77. The zero-order chi connectivity index (χ0) is 22.0. The molecule has 1 N–H and O–H groups in total. The summed E-state index contributed by atoms with van der Waals surface area (Å²) in [6.45, 7) is 0.861. The van der Waals surface area contributed by atoms with E-state index in [1.54, 1.807) is 37.4 Å². The van der Waals surface area contributed by atoms with Crippen LogP contribution < -0.4 is 23.8 Å². The highest BCUT2D eigenvalue weighted by atomic mass is 32.2. The number of carbonyl (C=O) groups excluding carboxylic acids is 1. The van der Waals surface area contributed by atoms with E-state index >= 15 is 0 Å². The van der Waals surface area contributed by atoms with E-state index in [0.717, 1.165) is 6.26 Å². The predicted molar refractivity (Wildman–Crippen MR) is 116 cm³/mol. The summed E-state index contributed by atoms with van der Waals surface area (Å²) < 4.78 is 41.4. The molecule has 0 heterocycles. The SMILES string of the molecule is COc1cccc(OCCNC(=O)CCCN(c2cccc(OC)c2)S(C)(=O)=O)c1. The van der Waals surface area contributed by atoms with Gasteiger partial charge >= 0.3 is 0 Å². The van der Waals surface area contributed by atoms with Gasteiger partial charge in [-0.2, -0.15) is 0 Å². The number of benzene rings is 2. The maximum atomic E-state index is 12.2. The molecule has 1 amide bonds. The Morgan fingerprint density at radius 2 is 1.63 bits per heavy atom. The molecule has 0 atom stereocenters. The van der Waals surface area contributed by atoms with Crippen LogP contribution in [0.1, 0.15) is 12.8 Å². The van der Waals surface area contributed by atoms with Crippen LogP contribution in [0.5, 0.6) is 17.2 Å². The number of methoxy groups -OCH3 is 2. The lowest BCUT2D eigenvalue weighted by Crippen LogP contribution is -2.32. The molecule has 9 heteroatoms. The van der Waals surface area contributed by atoms with E-state index in [1.165, 1.54) is 11.4 Å². The first-order valence-corrected chi connectivity index (χ1v) is 11.3. The minimum Gasteiger partial charge on any atom is -0.497 e. The monoisotopic (exact) mass is 436 g/mol. The van der Waals surface area contributed by atoms with Crippen LogP contribution in [0, 0.1) is 0 Å². The second-order valence-corrected chi connectivity index (χ2v) is 8.42. The van der Waals surface area contributed by atoms with Gasteiger partial charge in [-0.1, -0.05) is 12.1 Å².